The number of para-hydroxylation sites is 4. The third-order valence-corrected chi connectivity index (χ3v) is 20.6. The summed E-state index contributed by atoms with van der Waals surface area (Å²) in [6.07, 6.45) is 6.26. The first-order valence-corrected chi connectivity index (χ1v) is 26.0. The zero-order valence-corrected chi connectivity index (χ0v) is 38.3. The first-order chi connectivity index (χ1) is 34.9. The molecule has 66 heavy (non-hydrogen) atoms. The Morgan fingerprint density at radius 1 is 0.697 bits per heavy atom. The molecule has 0 atom stereocenters. The molecule has 0 radical (unpaired) electrons. The molecule has 3 aromatic heterocycles. The maximum atomic E-state index is 10.6. The van der Waals surface area contributed by atoms with Gasteiger partial charge in [0.15, 0.2) is 0 Å². The van der Waals surface area contributed by atoms with Crippen LogP contribution < -0.4 is 9.92 Å². The molecular weight excluding hydrogens is 823 g/mol. The van der Waals surface area contributed by atoms with Gasteiger partial charge in [-0.2, -0.15) is 0 Å². The highest BCUT2D eigenvalue weighted by atomic mass is 28.3. The van der Waals surface area contributed by atoms with Crippen molar-refractivity contribution in [2.45, 2.75) is 77.3 Å². The van der Waals surface area contributed by atoms with E-state index in [9.17, 15) is 5.48 Å². The van der Waals surface area contributed by atoms with Gasteiger partial charge < -0.3 is 4.74 Å². The molecule has 0 spiro atoms. The second-order valence-corrected chi connectivity index (χ2v) is 24.3. The van der Waals surface area contributed by atoms with Crippen LogP contribution in [0.4, 0.5) is 0 Å². The van der Waals surface area contributed by atoms with E-state index in [1.54, 1.807) is 18.5 Å². The number of nitrogens with zero attached hydrogens (tertiary/aromatic N) is 5. The van der Waals surface area contributed by atoms with Gasteiger partial charge in [-0.3, -0.25) is 8.97 Å². The standard InChI is InChI=1S/C59H51N5OSi/c1-35-27-28-54-53(29-35)65-57-47(59(3,4)66(54,5)6)32-52(64-51-26-16-15-25-50(51)63-49-24-14-13-23-48(49)62-58(63)64)36(2)55(57)45-31-44-40-21-11-12-22-41(40)56-46(33-60-34-61-56)39-20-10-9-19-38(39)43(44)30-42(45)37-17-7-8-18-37/h9-16,19-34,37H,7-8,17-18H2,1-6H3/i1D3,2D3,37D. The largest absolute Gasteiger partial charge is 0.457 e. The van der Waals surface area contributed by atoms with E-state index in [0.717, 1.165) is 90.3 Å². The van der Waals surface area contributed by atoms with Crippen LogP contribution in [0.25, 0.3) is 89.3 Å². The lowest BCUT2D eigenvalue weighted by molar-refractivity contribution is 0.478. The summed E-state index contributed by atoms with van der Waals surface area (Å²) in [5, 5.41) is 0.256. The van der Waals surface area contributed by atoms with Crippen LogP contribution in [0.3, 0.4) is 0 Å². The van der Waals surface area contributed by atoms with Gasteiger partial charge in [0.2, 0.25) is 5.78 Å². The lowest BCUT2D eigenvalue weighted by Gasteiger charge is -2.40. The molecule has 0 N–H and O–H groups in total. The van der Waals surface area contributed by atoms with Crippen LogP contribution in [0.1, 0.15) is 77.3 Å². The lowest BCUT2D eigenvalue weighted by Crippen LogP contribution is -2.56. The number of aryl methyl sites for hydroxylation is 1. The highest BCUT2D eigenvalue weighted by molar-refractivity contribution is 6.92. The molecule has 0 amide bonds. The topological polar surface area (TPSA) is 57.2 Å². The fraction of sp³-hybridized carbons (Fsp3) is 0.203. The zero-order valence-electron chi connectivity index (χ0n) is 44.3. The van der Waals surface area contributed by atoms with E-state index in [1.807, 2.05) is 95.7 Å². The average Bonchev–Trinajstić information content (AvgIpc) is 4.07. The Kier molecular flexibility index (Phi) is 7.00. The summed E-state index contributed by atoms with van der Waals surface area (Å²) in [5.41, 5.74) is 13.5. The molecular formula is C59H51N5OSi. The van der Waals surface area contributed by atoms with E-state index in [-0.39, 0.29) is 11.1 Å². The van der Waals surface area contributed by atoms with E-state index in [1.165, 1.54) is 0 Å². The highest BCUT2D eigenvalue weighted by Crippen LogP contribution is 2.56. The predicted octanol–water partition coefficient (Wildman–Crippen LogP) is 14.7. The summed E-state index contributed by atoms with van der Waals surface area (Å²) in [6.45, 7) is 3.78. The normalized spacial score (nSPS) is 18.2. The number of fused-ring (bicyclic) bond motifs is 15. The second kappa shape index (κ2) is 14.2. The Morgan fingerprint density at radius 3 is 2.15 bits per heavy atom. The molecule has 7 heteroatoms. The van der Waals surface area contributed by atoms with Gasteiger partial charge in [0, 0.05) is 38.0 Å². The maximum absolute atomic E-state index is 10.6. The Hall–Kier alpha value is -7.09. The fourth-order valence-electron chi connectivity index (χ4n) is 11.4. The van der Waals surface area contributed by atoms with Gasteiger partial charge >= 0.3 is 0 Å². The fourth-order valence-corrected chi connectivity index (χ4v) is 14.2. The van der Waals surface area contributed by atoms with Crippen LogP contribution in [-0.2, 0) is 5.04 Å². The Balaban J connectivity index is 1.26. The van der Waals surface area contributed by atoms with Crippen molar-refractivity contribution in [2.24, 2.45) is 0 Å². The number of rotatable bonds is 3. The lowest BCUT2D eigenvalue weighted by atomic mass is 9.77. The minimum absolute atomic E-state index is 0.0488. The molecule has 7 aromatic carbocycles. The highest BCUT2D eigenvalue weighted by Gasteiger charge is 2.48. The number of benzene rings is 7. The zero-order chi connectivity index (χ0) is 50.6. The van der Waals surface area contributed by atoms with Crippen LogP contribution in [-0.4, -0.2) is 32.0 Å². The Morgan fingerprint density at radius 2 is 1.38 bits per heavy atom. The van der Waals surface area contributed by atoms with Crippen molar-refractivity contribution >= 4 is 41.1 Å². The van der Waals surface area contributed by atoms with Gasteiger partial charge in [-0.25, -0.2) is 15.0 Å². The van der Waals surface area contributed by atoms with Gasteiger partial charge in [0.1, 0.15) is 17.8 Å². The van der Waals surface area contributed by atoms with Crippen molar-refractivity contribution < 1.29 is 14.3 Å². The predicted molar refractivity (Wildman–Crippen MR) is 273 cm³/mol. The van der Waals surface area contributed by atoms with Crippen LogP contribution in [0.2, 0.25) is 13.1 Å². The molecule has 10 aromatic rings. The van der Waals surface area contributed by atoms with E-state index >= 15 is 0 Å². The quantitative estimate of drug-likeness (QED) is 0.166. The number of hydrogen-bond donors (Lipinski definition) is 0. The molecule has 1 saturated carbocycles. The van der Waals surface area contributed by atoms with Gasteiger partial charge in [0.25, 0.3) is 0 Å². The van der Waals surface area contributed by atoms with Crippen LogP contribution in [0.5, 0.6) is 11.5 Å². The number of ether oxygens (including phenoxy) is 1. The molecule has 2 aliphatic carbocycles. The summed E-state index contributed by atoms with van der Waals surface area (Å²) in [7, 11) is -2.79. The molecule has 1 aliphatic heterocycles. The van der Waals surface area contributed by atoms with Gasteiger partial charge in [0.05, 0.1) is 41.5 Å². The van der Waals surface area contributed by atoms with E-state index in [0.29, 0.717) is 52.5 Å². The van der Waals surface area contributed by atoms with Crippen molar-refractivity contribution in [3.8, 4) is 73.0 Å². The van der Waals surface area contributed by atoms with Crippen LogP contribution in [0.15, 0.2) is 146 Å². The van der Waals surface area contributed by atoms with Crippen molar-refractivity contribution in [2.75, 3.05) is 0 Å². The summed E-state index contributed by atoms with van der Waals surface area (Å²) in [4.78, 5) is 14.7. The minimum atomic E-state index is -2.79. The SMILES string of the molecule is [2H]C([2H])([2H])c1ccc2c(c1)Oc1c(cc(-n3c4ccccc4n4c5ccccc5nc34)c(C([2H])([2H])[2H])c1-c1cc3c(cc1C1([2H])CCCC1)-c1ccccc1-c1cncnc1-c1ccccc1-3)C(C)(C)[Si]2(C)C. The monoisotopic (exact) mass is 880 g/mol. The maximum Gasteiger partial charge on any atom is 0.220 e. The molecule has 0 bridgehead atoms. The molecule has 6 nitrogen and oxygen atoms in total. The molecule has 13 rings (SSSR count). The molecule has 0 saturated heterocycles. The smallest absolute Gasteiger partial charge is 0.220 e. The van der Waals surface area contributed by atoms with Gasteiger partial charge in [-0.15, -0.1) is 0 Å². The summed E-state index contributed by atoms with van der Waals surface area (Å²) < 4.78 is 77.6. The number of aromatic nitrogens is 5. The molecule has 0 unspecified atom stereocenters. The Bertz CT molecular complexity index is 3970. The third kappa shape index (κ3) is 5.43. The number of hydrogen-bond acceptors (Lipinski definition) is 4. The first-order valence-electron chi connectivity index (χ1n) is 26.5. The van der Waals surface area contributed by atoms with Crippen LogP contribution in [0, 0.1) is 13.7 Å². The molecule has 4 heterocycles. The average molecular weight is 881 g/mol. The summed E-state index contributed by atoms with van der Waals surface area (Å²) in [6, 6.07) is 44.0. The third-order valence-electron chi connectivity index (χ3n) is 15.4. The van der Waals surface area contributed by atoms with E-state index in [4.69, 9.17) is 18.8 Å². The van der Waals surface area contributed by atoms with E-state index < -0.39 is 32.7 Å². The van der Waals surface area contributed by atoms with Crippen molar-refractivity contribution in [3.63, 3.8) is 0 Å². The van der Waals surface area contributed by atoms with Crippen molar-refractivity contribution in [1.82, 2.24) is 23.9 Å². The first kappa shape index (κ1) is 32.5. The Labute approximate surface area is 396 Å². The summed E-state index contributed by atoms with van der Waals surface area (Å²) in [5.74, 6) is 0.195. The van der Waals surface area contributed by atoms with Gasteiger partial charge in [-0.1, -0.05) is 125 Å². The minimum Gasteiger partial charge on any atom is -0.457 e. The molecule has 322 valence electrons. The van der Waals surface area contributed by atoms with Crippen molar-refractivity contribution in [3.05, 3.63) is 168 Å². The van der Waals surface area contributed by atoms with Crippen molar-refractivity contribution in [1.29, 1.82) is 0 Å². The number of imidazole rings is 2. The molecule has 3 aliphatic rings. The van der Waals surface area contributed by atoms with Crippen LogP contribution >= 0.6 is 0 Å². The second-order valence-electron chi connectivity index (χ2n) is 19.3. The molecule has 1 fully saturated rings. The van der Waals surface area contributed by atoms with Gasteiger partial charge in [-0.05, 0) is 141 Å². The summed E-state index contributed by atoms with van der Waals surface area (Å²) >= 11 is 0. The van der Waals surface area contributed by atoms with E-state index in [2.05, 4.69) is 72.7 Å².